The number of carbonyl (C=O) groups excluding carboxylic acids is 2. The molecule has 178 valence electrons. The Kier molecular flexibility index (Phi) is 9.27. The third-order valence-electron chi connectivity index (χ3n) is 5.76. The monoisotopic (exact) mass is 452 g/mol. The average Bonchev–Trinajstić information content (AvgIpc) is 2.83. The van der Waals surface area contributed by atoms with Gasteiger partial charge in [0.1, 0.15) is 11.6 Å². The lowest BCUT2D eigenvalue weighted by atomic mass is 10.0. The van der Waals surface area contributed by atoms with Crippen molar-refractivity contribution in [2.24, 2.45) is 0 Å². The van der Waals surface area contributed by atoms with Gasteiger partial charge in [-0.3, -0.25) is 14.5 Å². The third-order valence-corrected chi connectivity index (χ3v) is 5.76. The van der Waals surface area contributed by atoms with Crippen LogP contribution in [0.4, 0.5) is 5.69 Å². The normalized spacial score (nSPS) is 15.5. The molecule has 0 aromatic heterocycles. The molecule has 1 aliphatic heterocycles. The molecule has 7 heteroatoms. The fraction of sp³-hybridized carbons (Fsp3) is 0.462. The maximum atomic E-state index is 13.1. The van der Waals surface area contributed by atoms with Crippen LogP contribution in [0.5, 0.6) is 0 Å². The average molecular weight is 453 g/mol. The Balaban J connectivity index is 1.58. The van der Waals surface area contributed by atoms with Gasteiger partial charge in [-0.15, -0.1) is 0 Å². The molecule has 0 spiro atoms. The first kappa shape index (κ1) is 24.7. The highest BCUT2D eigenvalue weighted by atomic mass is 16.5. The summed E-state index contributed by atoms with van der Waals surface area (Å²) in [7, 11) is 0. The van der Waals surface area contributed by atoms with Crippen LogP contribution < -0.4 is 16.0 Å². The second kappa shape index (κ2) is 12.4. The lowest BCUT2D eigenvalue weighted by molar-refractivity contribution is -0.130. The van der Waals surface area contributed by atoms with Gasteiger partial charge in [0, 0.05) is 31.7 Å². The van der Waals surface area contributed by atoms with E-state index in [9.17, 15) is 9.59 Å². The molecule has 2 amide bonds. The van der Waals surface area contributed by atoms with Crippen molar-refractivity contribution in [1.82, 2.24) is 15.5 Å². The second-order valence-corrected chi connectivity index (χ2v) is 8.93. The Labute approximate surface area is 196 Å². The SMILES string of the molecule is CC(C)(Nc1ccccc1)C(=O)N[C@@H](Cc1ccccc1)C(=O)NCCCN1CCOCC1. The first-order chi connectivity index (χ1) is 15.9. The first-order valence-electron chi connectivity index (χ1n) is 11.7. The van der Waals surface area contributed by atoms with Crippen molar-refractivity contribution in [1.29, 1.82) is 0 Å². The van der Waals surface area contributed by atoms with Crippen molar-refractivity contribution in [2.45, 2.75) is 38.3 Å². The minimum atomic E-state index is -0.882. The molecule has 0 unspecified atom stereocenters. The molecule has 2 aromatic rings. The molecular weight excluding hydrogens is 416 g/mol. The number of hydrogen-bond acceptors (Lipinski definition) is 5. The first-order valence-corrected chi connectivity index (χ1v) is 11.7. The van der Waals surface area contributed by atoms with Gasteiger partial charge >= 0.3 is 0 Å². The number of nitrogens with one attached hydrogen (secondary N) is 3. The number of amides is 2. The van der Waals surface area contributed by atoms with Crippen LogP contribution in [0.3, 0.4) is 0 Å². The van der Waals surface area contributed by atoms with Gasteiger partial charge in [-0.1, -0.05) is 48.5 Å². The molecule has 1 atom stereocenters. The van der Waals surface area contributed by atoms with Crippen molar-refractivity contribution in [3.8, 4) is 0 Å². The lowest BCUT2D eigenvalue weighted by Crippen LogP contribution is -2.56. The number of para-hydroxylation sites is 1. The van der Waals surface area contributed by atoms with Gasteiger partial charge in [-0.05, 0) is 44.5 Å². The zero-order valence-corrected chi connectivity index (χ0v) is 19.7. The molecule has 0 bridgehead atoms. The van der Waals surface area contributed by atoms with E-state index in [-0.39, 0.29) is 11.8 Å². The van der Waals surface area contributed by atoms with Crippen LogP contribution in [-0.4, -0.2) is 67.7 Å². The van der Waals surface area contributed by atoms with Crippen molar-refractivity contribution in [3.05, 3.63) is 66.2 Å². The zero-order valence-electron chi connectivity index (χ0n) is 19.7. The number of rotatable bonds is 11. The standard InChI is InChI=1S/C26H36N4O3/c1-26(2,29-22-12-7-4-8-13-22)25(32)28-23(20-21-10-5-3-6-11-21)24(31)27-14-9-15-30-16-18-33-19-17-30/h3-8,10-13,23,29H,9,14-20H2,1-2H3,(H,27,31)(H,28,32)/t23-/m0/s1. The highest BCUT2D eigenvalue weighted by Gasteiger charge is 2.31. The highest BCUT2D eigenvalue weighted by molar-refractivity contribution is 5.93. The molecule has 1 saturated heterocycles. The Morgan fingerprint density at radius 3 is 2.30 bits per heavy atom. The summed E-state index contributed by atoms with van der Waals surface area (Å²) in [6, 6.07) is 18.7. The van der Waals surface area contributed by atoms with E-state index >= 15 is 0 Å². The second-order valence-electron chi connectivity index (χ2n) is 8.93. The van der Waals surface area contributed by atoms with E-state index in [1.165, 1.54) is 0 Å². The number of nitrogens with zero attached hydrogens (tertiary/aromatic N) is 1. The van der Waals surface area contributed by atoms with Crippen LogP contribution in [0.2, 0.25) is 0 Å². The number of benzene rings is 2. The van der Waals surface area contributed by atoms with Gasteiger partial charge in [0.2, 0.25) is 11.8 Å². The number of morpholine rings is 1. The van der Waals surface area contributed by atoms with Crippen LogP contribution >= 0.6 is 0 Å². The summed E-state index contributed by atoms with van der Waals surface area (Å²) in [6.07, 6.45) is 1.29. The van der Waals surface area contributed by atoms with Gasteiger partial charge < -0.3 is 20.7 Å². The maximum Gasteiger partial charge on any atom is 0.245 e. The molecule has 1 heterocycles. The van der Waals surface area contributed by atoms with E-state index in [4.69, 9.17) is 4.74 Å². The van der Waals surface area contributed by atoms with Crippen LogP contribution in [-0.2, 0) is 20.7 Å². The predicted octanol–water partition coefficient (Wildman–Crippen LogP) is 2.44. The summed E-state index contributed by atoms with van der Waals surface area (Å²) in [5.74, 6) is -0.388. The summed E-state index contributed by atoms with van der Waals surface area (Å²) in [5, 5.41) is 9.25. The molecule has 0 saturated carbocycles. The predicted molar refractivity (Wildman–Crippen MR) is 131 cm³/mol. The van der Waals surface area contributed by atoms with E-state index < -0.39 is 11.6 Å². The minimum Gasteiger partial charge on any atom is -0.379 e. The summed E-state index contributed by atoms with van der Waals surface area (Å²) < 4.78 is 5.38. The zero-order chi connectivity index (χ0) is 23.5. The van der Waals surface area contributed by atoms with Crippen LogP contribution in [0.25, 0.3) is 0 Å². The molecule has 0 aliphatic carbocycles. The van der Waals surface area contributed by atoms with Gasteiger partial charge in [-0.2, -0.15) is 0 Å². The van der Waals surface area contributed by atoms with E-state index in [0.717, 1.165) is 50.5 Å². The number of ether oxygens (including phenoxy) is 1. The largest absolute Gasteiger partial charge is 0.379 e. The van der Waals surface area contributed by atoms with E-state index in [1.54, 1.807) is 0 Å². The number of hydrogen-bond donors (Lipinski definition) is 3. The lowest BCUT2D eigenvalue weighted by Gasteiger charge is -2.29. The van der Waals surface area contributed by atoms with Crippen molar-refractivity contribution in [3.63, 3.8) is 0 Å². The Bertz CT molecular complexity index is 868. The number of anilines is 1. The quantitative estimate of drug-likeness (QED) is 0.456. The molecule has 0 radical (unpaired) electrons. The van der Waals surface area contributed by atoms with Crippen molar-refractivity contribution in [2.75, 3.05) is 44.7 Å². The van der Waals surface area contributed by atoms with E-state index in [1.807, 2.05) is 74.5 Å². The molecule has 7 nitrogen and oxygen atoms in total. The third kappa shape index (κ3) is 8.18. The Morgan fingerprint density at radius 1 is 1.00 bits per heavy atom. The van der Waals surface area contributed by atoms with Crippen LogP contribution in [0.15, 0.2) is 60.7 Å². The van der Waals surface area contributed by atoms with Gasteiger partial charge in [0.25, 0.3) is 0 Å². The summed E-state index contributed by atoms with van der Waals surface area (Å²) in [5.41, 5.74) is 0.970. The fourth-order valence-corrected chi connectivity index (χ4v) is 3.80. The van der Waals surface area contributed by atoms with Gasteiger partial charge in [-0.25, -0.2) is 0 Å². The molecule has 2 aromatic carbocycles. The summed E-state index contributed by atoms with van der Waals surface area (Å²) in [4.78, 5) is 28.5. The Morgan fingerprint density at radius 2 is 1.64 bits per heavy atom. The molecule has 33 heavy (non-hydrogen) atoms. The summed E-state index contributed by atoms with van der Waals surface area (Å²) in [6.45, 7) is 8.53. The maximum absolute atomic E-state index is 13.1. The molecule has 1 aliphatic rings. The molecule has 3 rings (SSSR count). The van der Waals surface area contributed by atoms with Crippen LogP contribution in [0, 0.1) is 0 Å². The minimum absolute atomic E-state index is 0.162. The van der Waals surface area contributed by atoms with Crippen molar-refractivity contribution < 1.29 is 14.3 Å². The molecule has 3 N–H and O–H groups in total. The molecule has 1 fully saturated rings. The van der Waals surface area contributed by atoms with Gasteiger partial charge in [0.15, 0.2) is 0 Å². The van der Waals surface area contributed by atoms with Gasteiger partial charge in [0.05, 0.1) is 13.2 Å². The van der Waals surface area contributed by atoms with Crippen LogP contribution in [0.1, 0.15) is 25.8 Å². The molecular formula is C26H36N4O3. The Hall–Kier alpha value is -2.90. The fourth-order valence-electron chi connectivity index (χ4n) is 3.80. The van der Waals surface area contributed by atoms with E-state index in [2.05, 4.69) is 20.9 Å². The topological polar surface area (TPSA) is 82.7 Å². The summed E-state index contributed by atoms with van der Waals surface area (Å²) >= 11 is 0. The van der Waals surface area contributed by atoms with E-state index in [0.29, 0.717) is 13.0 Å². The smallest absolute Gasteiger partial charge is 0.245 e. The van der Waals surface area contributed by atoms with Crippen molar-refractivity contribution >= 4 is 17.5 Å². The number of carbonyl (C=O) groups is 2. The highest BCUT2D eigenvalue weighted by Crippen LogP contribution is 2.15.